The fourth-order valence-electron chi connectivity index (χ4n) is 1.21. The molecule has 0 atom stereocenters. The Balaban J connectivity index is 0.000001000. The molecule has 4 heteroatoms. The molecule has 0 unspecified atom stereocenters. The van der Waals surface area contributed by atoms with Crippen molar-refractivity contribution in [2.75, 3.05) is 46.4 Å². The standard InChI is InChI=1S/C7H16N2O.ClH/c1-8-2-4-9(5-3-8)6-7-10;/h10H,2-7H2,1H3;1H. The van der Waals surface area contributed by atoms with E-state index in [1.165, 1.54) is 0 Å². The average Bonchev–Trinajstić information content (AvgIpc) is 1.95. The van der Waals surface area contributed by atoms with Crippen LogP contribution in [0.25, 0.3) is 0 Å². The number of nitrogens with zero attached hydrogens (tertiary/aromatic N) is 2. The van der Waals surface area contributed by atoms with Crippen LogP contribution >= 0.6 is 12.4 Å². The Labute approximate surface area is 74.4 Å². The van der Waals surface area contributed by atoms with Gasteiger partial charge in [-0.25, -0.2) is 0 Å². The summed E-state index contributed by atoms with van der Waals surface area (Å²) in [5, 5.41) is 8.63. The number of piperazine rings is 1. The predicted octanol–water partition coefficient (Wildman–Crippen LogP) is -0.352. The molecule has 3 nitrogen and oxygen atoms in total. The summed E-state index contributed by atoms with van der Waals surface area (Å²) in [6.45, 7) is 5.63. The number of likely N-dealkylation sites (N-methyl/N-ethyl adjacent to an activating group) is 1. The summed E-state index contributed by atoms with van der Waals surface area (Å²) in [5.74, 6) is 0. The van der Waals surface area contributed by atoms with Gasteiger partial charge in [0, 0.05) is 32.7 Å². The third-order valence-corrected chi connectivity index (χ3v) is 2.01. The summed E-state index contributed by atoms with van der Waals surface area (Å²) in [6, 6.07) is 0. The first-order chi connectivity index (χ1) is 4.83. The molecule has 1 saturated heterocycles. The van der Waals surface area contributed by atoms with Crippen LogP contribution < -0.4 is 0 Å². The van der Waals surface area contributed by atoms with Crippen molar-refractivity contribution in [1.82, 2.24) is 9.80 Å². The molecule has 1 aliphatic heterocycles. The van der Waals surface area contributed by atoms with Crippen LogP contribution in [0.2, 0.25) is 0 Å². The van der Waals surface area contributed by atoms with Gasteiger partial charge >= 0.3 is 0 Å². The zero-order valence-corrected chi connectivity index (χ0v) is 7.81. The largest absolute Gasteiger partial charge is 0.395 e. The minimum absolute atomic E-state index is 0. The first-order valence-electron chi connectivity index (χ1n) is 3.84. The monoisotopic (exact) mass is 180 g/mol. The quantitative estimate of drug-likeness (QED) is 0.630. The third-order valence-electron chi connectivity index (χ3n) is 2.01. The lowest BCUT2D eigenvalue weighted by atomic mass is 10.3. The van der Waals surface area contributed by atoms with Crippen molar-refractivity contribution in [3.8, 4) is 0 Å². The van der Waals surface area contributed by atoms with Crippen molar-refractivity contribution >= 4 is 12.4 Å². The zero-order valence-electron chi connectivity index (χ0n) is 6.99. The van der Waals surface area contributed by atoms with Crippen LogP contribution in [-0.2, 0) is 0 Å². The van der Waals surface area contributed by atoms with E-state index >= 15 is 0 Å². The van der Waals surface area contributed by atoms with Crippen LogP contribution in [0, 0.1) is 0 Å². The predicted molar refractivity (Wildman–Crippen MR) is 48.3 cm³/mol. The van der Waals surface area contributed by atoms with Crippen molar-refractivity contribution < 1.29 is 5.11 Å². The highest BCUT2D eigenvalue weighted by Gasteiger charge is 2.11. The van der Waals surface area contributed by atoms with Crippen LogP contribution in [0.1, 0.15) is 0 Å². The SMILES string of the molecule is CN1CCN(CCO)CC1.Cl. The molecule has 0 aliphatic carbocycles. The van der Waals surface area contributed by atoms with E-state index in [2.05, 4.69) is 16.8 Å². The van der Waals surface area contributed by atoms with Crippen molar-refractivity contribution in [3.05, 3.63) is 0 Å². The van der Waals surface area contributed by atoms with Crippen LogP contribution in [-0.4, -0.2) is 61.3 Å². The van der Waals surface area contributed by atoms with Crippen molar-refractivity contribution in [1.29, 1.82) is 0 Å². The molecule has 1 N–H and O–H groups in total. The van der Waals surface area contributed by atoms with Gasteiger partial charge in [0.15, 0.2) is 0 Å². The molecule has 1 heterocycles. The molecule has 0 radical (unpaired) electrons. The fourth-order valence-corrected chi connectivity index (χ4v) is 1.21. The van der Waals surface area contributed by atoms with Gasteiger partial charge in [0.2, 0.25) is 0 Å². The van der Waals surface area contributed by atoms with E-state index in [1.807, 2.05) is 0 Å². The van der Waals surface area contributed by atoms with Gasteiger partial charge in [0.05, 0.1) is 6.61 Å². The molecule has 0 saturated carbocycles. The van der Waals surface area contributed by atoms with E-state index in [4.69, 9.17) is 5.11 Å². The van der Waals surface area contributed by atoms with E-state index in [-0.39, 0.29) is 12.4 Å². The second-order valence-corrected chi connectivity index (χ2v) is 2.87. The Hall–Kier alpha value is 0.170. The third kappa shape index (κ3) is 3.91. The maximum atomic E-state index is 8.63. The number of rotatable bonds is 2. The minimum Gasteiger partial charge on any atom is -0.395 e. The Bertz CT molecular complexity index is 94.4. The molecule has 1 fully saturated rings. The maximum absolute atomic E-state index is 8.63. The van der Waals surface area contributed by atoms with E-state index in [9.17, 15) is 0 Å². The molecule has 0 bridgehead atoms. The Kier molecular flexibility index (Phi) is 5.86. The van der Waals surface area contributed by atoms with Gasteiger partial charge in [-0.3, -0.25) is 4.90 Å². The van der Waals surface area contributed by atoms with Crippen molar-refractivity contribution in [2.24, 2.45) is 0 Å². The lowest BCUT2D eigenvalue weighted by molar-refractivity contribution is 0.128. The number of hydrogen-bond acceptors (Lipinski definition) is 3. The van der Waals surface area contributed by atoms with E-state index in [0.717, 1.165) is 32.7 Å². The van der Waals surface area contributed by atoms with Gasteiger partial charge in [-0.2, -0.15) is 0 Å². The highest BCUT2D eigenvalue weighted by atomic mass is 35.5. The second kappa shape index (κ2) is 5.77. The highest BCUT2D eigenvalue weighted by Crippen LogP contribution is 1.96. The molecule has 0 aromatic rings. The summed E-state index contributed by atoms with van der Waals surface area (Å²) in [5.41, 5.74) is 0. The Morgan fingerprint density at radius 2 is 1.73 bits per heavy atom. The Morgan fingerprint density at radius 3 is 2.18 bits per heavy atom. The number of β-amino-alcohol motifs (C(OH)–C–C–N with tert-alkyl or cyclic N) is 1. The van der Waals surface area contributed by atoms with Gasteiger partial charge < -0.3 is 10.0 Å². The fraction of sp³-hybridized carbons (Fsp3) is 1.00. The molecular weight excluding hydrogens is 164 g/mol. The molecule has 0 aromatic carbocycles. The summed E-state index contributed by atoms with van der Waals surface area (Å²) >= 11 is 0. The van der Waals surface area contributed by atoms with Gasteiger partial charge in [-0.1, -0.05) is 0 Å². The van der Waals surface area contributed by atoms with Crippen LogP contribution in [0.4, 0.5) is 0 Å². The van der Waals surface area contributed by atoms with Gasteiger partial charge in [0.25, 0.3) is 0 Å². The average molecular weight is 181 g/mol. The zero-order chi connectivity index (χ0) is 7.40. The number of halogens is 1. The topological polar surface area (TPSA) is 26.7 Å². The second-order valence-electron chi connectivity index (χ2n) is 2.87. The van der Waals surface area contributed by atoms with Crippen molar-refractivity contribution in [2.45, 2.75) is 0 Å². The normalized spacial score (nSPS) is 21.3. The molecule has 0 amide bonds. The maximum Gasteiger partial charge on any atom is 0.0558 e. The first kappa shape index (κ1) is 11.2. The van der Waals surface area contributed by atoms with Gasteiger partial charge in [-0.05, 0) is 7.05 Å². The number of aliphatic hydroxyl groups excluding tert-OH is 1. The number of aliphatic hydroxyl groups is 1. The van der Waals surface area contributed by atoms with E-state index in [1.54, 1.807) is 0 Å². The molecule has 1 aliphatic rings. The minimum atomic E-state index is 0. The molecule has 11 heavy (non-hydrogen) atoms. The van der Waals surface area contributed by atoms with Crippen LogP contribution in [0.3, 0.4) is 0 Å². The lowest BCUT2D eigenvalue weighted by Crippen LogP contribution is -2.45. The van der Waals surface area contributed by atoms with Crippen LogP contribution in [0.15, 0.2) is 0 Å². The van der Waals surface area contributed by atoms with Gasteiger partial charge in [0.1, 0.15) is 0 Å². The molecule has 1 rings (SSSR count). The molecule has 0 aromatic heterocycles. The molecule has 0 spiro atoms. The number of hydrogen-bond donors (Lipinski definition) is 1. The lowest BCUT2D eigenvalue weighted by Gasteiger charge is -2.31. The summed E-state index contributed by atoms with van der Waals surface area (Å²) < 4.78 is 0. The first-order valence-corrected chi connectivity index (χ1v) is 3.84. The van der Waals surface area contributed by atoms with E-state index in [0.29, 0.717) is 6.61 Å². The Morgan fingerprint density at radius 1 is 1.18 bits per heavy atom. The van der Waals surface area contributed by atoms with E-state index < -0.39 is 0 Å². The van der Waals surface area contributed by atoms with Gasteiger partial charge in [-0.15, -0.1) is 12.4 Å². The molecule has 68 valence electrons. The summed E-state index contributed by atoms with van der Waals surface area (Å²) in [7, 11) is 2.14. The van der Waals surface area contributed by atoms with Crippen molar-refractivity contribution in [3.63, 3.8) is 0 Å². The van der Waals surface area contributed by atoms with Crippen LogP contribution in [0.5, 0.6) is 0 Å². The summed E-state index contributed by atoms with van der Waals surface area (Å²) in [4.78, 5) is 4.61. The smallest absolute Gasteiger partial charge is 0.0558 e. The molecular formula is C7H17ClN2O. The highest BCUT2D eigenvalue weighted by molar-refractivity contribution is 5.85. The summed E-state index contributed by atoms with van der Waals surface area (Å²) in [6.07, 6.45) is 0.